The molecule has 1 aliphatic carbocycles. The summed E-state index contributed by atoms with van der Waals surface area (Å²) in [5.41, 5.74) is 2.07. The number of anilines is 2. The number of carbonyl (C=O) groups excluding carboxylic acids is 2. The first-order chi connectivity index (χ1) is 14.0. The first-order valence-electron chi connectivity index (χ1n) is 11.1. The first-order valence-corrected chi connectivity index (χ1v) is 11.1. The first kappa shape index (κ1) is 20.2. The number of carbonyl (C=O) groups is 2. The number of hydrogen-bond donors (Lipinski definition) is 1. The summed E-state index contributed by atoms with van der Waals surface area (Å²) in [6.45, 7) is 3.56. The smallest absolute Gasteiger partial charge is 0.227 e. The number of benzene rings is 1. The van der Waals surface area contributed by atoms with E-state index in [0.717, 1.165) is 44.5 Å². The standard InChI is InChI=1S/C23H34N4O2/c1-25(2)21-12-15-27(16-21)20-8-6-19(7-9-20)24-22(28)17-10-13-26(14-11-17)23(29)18-4-3-5-18/h6-9,17-18,21H,3-5,10-16H2,1-2H3,(H,24,28). The molecule has 1 saturated carbocycles. The van der Waals surface area contributed by atoms with Crippen LogP contribution in [0.5, 0.6) is 0 Å². The Kier molecular flexibility index (Phi) is 6.09. The molecule has 2 saturated heterocycles. The maximum atomic E-state index is 12.7. The van der Waals surface area contributed by atoms with Crippen molar-refractivity contribution in [2.24, 2.45) is 11.8 Å². The second kappa shape index (κ2) is 8.74. The number of likely N-dealkylation sites (tertiary alicyclic amines) is 1. The molecule has 1 unspecified atom stereocenters. The Bertz CT molecular complexity index is 721. The lowest BCUT2D eigenvalue weighted by Gasteiger charge is -2.36. The van der Waals surface area contributed by atoms with E-state index >= 15 is 0 Å². The fourth-order valence-corrected chi connectivity index (χ4v) is 4.67. The minimum absolute atomic E-state index is 0.000418. The zero-order valence-corrected chi connectivity index (χ0v) is 17.8. The molecule has 1 aromatic rings. The number of nitrogens with zero attached hydrogens (tertiary/aromatic N) is 3. The fourth-order valence-electron chi connectivity index (χ4n) is 4.67. The summed E-state index contributed by atoms with van der Waals surface area (Å²) < 4.78 is 0. The van der Waals surface area contributed by atoms with Gasteiger partial charge in [-0.3, -0.25) is 9.59 Å². The maximum Gasteiger partial charge on any atom is 0.227 e. The van der Waals surface area contributed by atoms with Crippen LogP contribution in [-0.2, 0) is 9.59 Å². The molecular weight excluding hydrogens is 364 g/mol. The van der Waals surface area contributed by atoms with Crippen LogP contribution in [0.1, 0.15) is 38.5 Å². The predicted octanol–water partition coefficient (Wildman–Crippen LogP) is 2.80. The van der Waals surface area contributed by atoms with E-state index in [-0.39, 0.29) is 17.7 Å². The highest BCUT2D eigenvalue weighted by molar-refractivity contribution is 5.93. The second-order valence-electron chi connectivity index (χ2n) is 9.12. The molecule has 158 valence electrons. The topological polar surface area (TPSA) is 55.9 Å². The molecule has 0 aromatic heterocycles. The lowest BCUT2D eigenvalue weighted by Crippen LogP contribution is -2.45. The summed E-state index contributed by atoms with van der Waals surface area (Å²) in [5, 5.41) is 3.08. The minimum Gasteiger partial charge on any atom is -0.370 e. The molecule has 0 radical (unpaired) electrons. The average molecular weight is 399 g/mol. The normalized spacial score (nSPS) is 23.3. The third kappa shape index (κ3) is 4.58. The van der Waals surface area contributed by atoms with Crippen molar-refractivity contribution in [2.45, 2.75) is 44.6 Å². The molecule has 3 fully saturated rings. The van der Waals surface area contributed by atoms with Gasteiger partial charge in [0.25, 0.3) is 0 Å². The molecule has 29 heavy (non-hydrogen) atoms. The summed E-state index contributed by atoms with van der Waals surface area (Å²) in [6, 6.07) is 8.83. The summed E-state index contributed by atoms with van der Waals surface area (Å²) in [7, 11) is 4.28. The molecule has 4 rings (SSSR count). The van der Waals surface area contributed by atoms with Gasteiger partial charge in [0.2, 0.25) is 11.8 Å². The van der Waals surface area contributed by atoms with Gasteiger partial charge in [-0.1, -0.05) is 6.42 Å². The number of rotatable bonds is 5. The van der Waals surface area contributed by atoms with E-state index in [1.165, 1.54) is 18.5 Å². The monoisotopic (exact) mass is 398 g/mol. The highest BCUT2D eigenvalue weighted by Gasteiger charge is 2.33. The van der Waals surface area contributed by atoms with Crippen LogP contribution in [0.2, 0.25) is 0 Å². The van der Waals surface area contributed by atoms with E-state index in [1.54, 1.807) is 0 Å². The number of hydrogen-bond acceptors (Lipinski definition) is 4. The average Bonchev–Trinajstić information content (AvgIpc) is 3.18. The lowest BCUT2D eigenvalue weighted by molar-refractivity contribution is -0.140. The van der Waals surface area contributed by atoms with Gasteiger partial charge in [0.15, 0.2) is 0 Å². The van der Waals surface area contributed by atoms with Crippen molar-refractivity contribution in [1.29, 1.82) is 0 Å². The Morgan fingerprint density at radius 2 is 1.62 bits per heavy atom. The van der Waals surface area contributed by atoms with Crippen LogP contribution >= 0.6 is 0 Å². The quantitative estimate of drug-likeness (QED) is 0.829. The van der Waals surface area contributed by atoms with Crippen LogP contribution in [0.4, 0.5) is 11.4 Å². The van der Waals surface area contributed by atoms with E-state index in [1.807, 2.05) is 17.0 Å². The molecule has 1 N–H and O–H groups in total. The number of piperidine rings is 1. The van der Waals surface area contributed by atoms with Crippen LogP contribution in [0.25, 0.3) is 0 Å². The van der Waals surface area contributed by atoms with Crippen molar-refractivity contribution >= 4 is 23.2 Å². The molecule has 2 heterocycles. The fraction of sp³-hybridized carbons (Fsp3) is 0.652. The SMILES string of the molecule is CN(C)C1CCN(c2ccc(NC(=O)C3CCN(C(=O)C4CCC4)CC3)cc2)C1. The van der Waals surface area contributed by atoms with Crippen molar-refractivity contribution in [1.82, 2.24) is 9.80 Å². The van der Waals surface area contributed by atoms with Crippen molar-refractivity contribution in [3.8, 4) is 0 Å². The van der Waals surface area contributed by atoms with Gasteiger partial charge in [-0.05, 0) is 70.5 Å². The van der Waals surface area contributed by atoms with Crippen LogP contribution in [0.15, 0.2) is 24.3 Å². The Balaban J connectivity index is 1.25. The number of amides is 2. The van der Waals surface area contributed by atoms with E-state index < -0.39 is 0 Å². The van der Waals surface area contributed by atoms with Crippen molar-refractivity contribution in [3.05, 3.63) is 24.3 Å². The molecule has 6 nitrogen and oxygen atoms in total. The molecule has 6 heteroatoms. The third-order valence-electron chi connectivity index (χ3n) is 7.03. The van der Waals surface area contributed by atoms with Gasteiger partial charge < -0.3 is 20.0 Å². The van der Waals surface area contributed by atoms with Crippen LogP contribution in [0.3, 0.4) is 0 Å². The highest BCUT2D eigenvalue weighted by atomic mass is 16.2. The zero-order chi connectivity index (χ0) is 20.4. The van der Waals surface area contributed by atoms with Crippen LogP contribution in [0, 0.1) is 11.8 Å². The molecule has 0 spiro atoms. The third-order valence-corrected chi connectivity index (χ3v) is 7.03. The number of likely N-dealkylation sites (N-methyl/N-ethyl adjacent to an activating group) is 1. The Morgan fingerprint density at radius 3 is 2.17 bits per heavy atom. The Morgan fingerprint density at radius 1 is 0.931 bits per heavy atom. The largest absolute Gasteiger partial charge is 0.370 e. The predicted molar refractivity (Wildman–Crippen MR) is 116 cm³/mol. The Hall–Kier alpha value is -2.08. The highest BCUT2D eigenvalue weighted by Crippen LogP contribution is 2.30. The summed E-state index contributed by atoms with van der Waals surface area (Å²) in [4.78, 5) is 31.7. The molecule has 1 aromatic carbocycles. The van der Waals surface area contributed by atoms with E-state index in [4.69, 9.17) is 0 Å². The molecule has 0 bridgehead atoms. The lowest BCUT2D eigenvalue weighted by atomic mass is 9.83. The molecule has 2 amide bonds. The summed E-state index contributed by atoms with van der Waals surface area (Å²) >= 11 is 0. The van der Waals surface area contributed by atoms with Gasteiger partial charge in [0.1, 0.15) is 0 Å². The Labute approximate surface area is 174 Å². The van der Waals surface area contributed by atoms with E-state index in [9.17, 15) is 9.59 Å². The van der Waals surface area contributed by atoms with Crippen molar-refractivity contribution in [2.75, 3.05) is 50.5 Å². The van der Waals surface area contributed by atoms with Gasteiger partial charge in [-0.15, -0.1) is 0 Å². The van der Waals surface area contributed by atoms with Gasteiger partial charge in [0.05, 0.1) is 0 Å². The van der Waals surface area contributed by atoms with Gasteiger partial charge in [-0.2, -0.15) is 0 Å². The molecular formula is C23H34N4O2. The maximum absolute atomic E-state index is 12.7. The van der Waals surface area contributed by atoms with E-state index in [2.05, 4.69) is 41.3 Å². The van der Waals surface area contributed by atoms with Crippen LogP contribution in [-0.4, -0.2) is 67.9 Å². The summed E-state index contributed by atoms with van der Waals surface area (Å²) in [5.74, 6) is 0.647. The molecule has 2 aliphatic heterocycles. The van der Waals surface area contributed by atoms with Gasteiger partial charge >= 0.3 is 0 Å². The van der Waals surface area contributed by atoms with E-state index in [0.29, 0.717) is 25.0 Å². The number of nitrogens with one attached hydrogen (secondary N) is 1. The molecule has 1 atom stereocenters. The molecule has 3 aliphatic rings. The van der Waals surface area contributed by atoms with Crippen LogP contribution < -0.4 is 10.2 Å². The minimum atomic E-state index is -0.000418. The van der Waals surface area contributed by atoms with Gasteiger partial charge in [-0.25, -0.2) is 0 Å². The van der Waals surface area contributed by atoms with Crippen molar-refractivity contribution < 1.29 is 9.59 Å². The zero-order valence-electron chi connectivity index (χ0n) is 17.8. The van der Waals surface area contributed by atoms with Gasteiger partial charge in [0, 0.05) is 55.4 Å². The van der Waals surface area contributed by atoms with Crippen molar-refractivity contribution in [3.63, 3.8) is 0 Å². The second-order valence-corrected chi connectivity index (χ2v) is 9.12. The summed E-state index contributed by atoms with van der Waals surface area (Å²) in [6.07, 6.45) is 5.99.